The summed E-state index contributed by atoms with van der Waals surface area (Å²) >= 11 is 0. The van der Waals surface area contributed by atoms with Crippen molar-refractivity contribution >= 4 is 24.3 Å². The standard InChI is InChI=1S/C11H13NO4.ClH/c12-9(6-10(13)14)11(15)16-7-8-4-2-1-3-5-8;/h1-5,9H,6-7,12H2,(H,13,14);1H. The largest absolute Gasteiger partial charge is 0.481 e. The molecule has 0 amide bonds. The maximum atomic E-state index is 11.2. The van der Waals surface area contributed by atoms with Crippen molar-refractivity contribution in [2.45, 2.75) is 19.1 Å². The van der Waals surface area contributed by atoms with Gasteiger partial charge in [0.1, 0.15) is 12.6 Å². The van der Waals surface area contributed by atoms with Crippen LogP contribution in [0.3, 0.4) is 0 Å². The van der Waals surface area contributed by atoms with Crippen LogP contribution in [-0.4, -0.2) is 23.1 Å². The number of esters is 1. The first-order valence-corrected chi connectivity index (χ1v) is 4.77. The Hall–Kier alpha value is -1.59. The summed E-state index contributed by atoms with van der Waals surface area (Å²) in [6.45, 7) is 0.104. The van der Waals surface area contributed by atoms with Crippen LogP contribution in [0.2, 0.25) is 0 Å². The van der Waals surface area contributed by atoms with Crippen LogP contribution in [0.1, 0.15) is 12.0 Å². The van der Waals surface area contributed by atoms with E-state index in [1.807, 2.05) is 18.2 Å². The molecule has 0 fully saturated rings. The van der Waals surface area contributed by atoms with Gasteiger partial charge in [-0.2, -0.15) is 0 Å². The minimum absolute atomic E-state index is 0. The van der Waals surface area contributed by atoms with Crippen LogP contribution < -0.4 is 5.73 Å². The van der Waals surface area contributed by atoms with E-state index in [0.717, 1.165) is 5.56 Å². The van der Waals surface area contributed by atoms with Gasteiger partial charge in [-0.05, 0) is 5.56 Å². The zero-order valence-corrected chi connectivity index (χ0v) is 9.85. The quantitative estimate of drug-likeness (QED) is 0.769. The van der Waals surface area contributed by atoms with Gasteiger partial charge in [0.05, 0.1) is 6.42 Å². The number of carbonyl (C=O) groups is 2. The molecular weight excluding hydrogens is 246 g/mol. The molecule has 1 atom stereocenters. The van der Waals surface area contributed by atoms with Crippen molar-refractivity contribution in [3.63, 3.8) is 0 Å². The normalized spacial score (nSPS) is 11.1. The molecule has 1 aromatic carbocycles. The summed E-state index contributed by atoms with van der Waals surface area (Å²) < 4.78 is 4.86. The third-order valence-corrected chi connectivity index (χ3v) is 1.92. The van der Waals surface area contributed by atoms with Crippen molar-refractivity contribution in [3.05, 3.63) is 35.9 Å². The van der Waals surface area contributed by atoms with Crippen molar-refractivity contribution in [1.29, 1.82) is 0 Å². The highest BCUT2D eigenvalue weighted by molar-refractivity contribution is 5.85. The molecule has 94 valence electrons. The summed E-state index contributed by atoms with van der Waals surface area (Å²) in [5, 5.41) is 8.43. The summed E-state index contributed by atoms with van der Waals surface area (Å²) in [5.74, 6) is -1.82. The molecule has 1 rings (SSSR count). The Morgan fingerprint density at radius 2 is 1.88 bits per heavy atom. The van der Waals surface area contributed by atoms with E-state index in [1.54, 1.807) is 12.1 Å². The molecular formula is C11H14ClNO4. The Labute approximate surface area is 105 Å². The number of halogens is 1. The lowest BCUT2D eigenvalue weighted by Gasteiger charge is -2.09. The molecule has 0 aromatic heterocycles. The second kappa shape index (κ2) is 7.65. The van der Waals surface area contributed by atoms with Gasteiger partial charge in [-0.1, -0.05) is 30.3 Å². The van der Waals surface area contributed by atoms with E-state index >= 15 is 0 Å². The fraction of sp³-hybridized carbons (Fsp3) is 0.273. The van der Waals surface area contributed by atoms with Gasteiger partial charge in [0, 0.05) is 0 Å². The number of carbonyl (C=O) groups excluding carboxylic acids is 1. The van der Waals surface area contributed by atoms with E-state index in [0.29, 0.717) is 0 Å². The van der Waals surface area contributed by atoms with Crippen molar-refractivity contribution in [3.8, 4) is 0 Å². The molecule has 0 bridgehead atoms. The Bertz CT molecular complexity index is 369. The molecule has 0 saturated heterocycles. The number of benzene rings is 1. The second-order valence-corrected chi connectivity index (χ2v) is 3.30. The Morgan fingerprint density at radius 1 is 1.29 bits per heavy atom. The van der Waals surface area contributed by atoms with E-state index in [1.165, 1.54) is 0 Å². The predicted octanol–water partition coefficient (Wildman–Crippen LogP) is 0.954. The number of rotatable bonds is 5. The summed E-state index contributed by atoms with van der Waals surface area (Å²) in [4.78, 5) is 21.5. The van der Waals surface area contributed by atoms with Gasteiger partial charge in [-0.15, -0.1) is 12.4 Å². The highest BCUT2D eigenvalue weighted by Crippen LogP contribution is 2.02. The number of nitrogens with two attached hydrogens (primary N) is 1. The van der Waals surface area contributed by atoms with Crippen molar-refractivity contribution in [1.82, 2.24) is 0 Å². The molecule has 1 aromatic rings. The average Bonchev–Trinajstić information content (AvgIpc) is 2.26. The topological polar surface area (TPSA) is 89.6 Å². The van der Waals surface area contributed by atoms with Gasteiger partial charge in [-0.25, -0.2) is 0 Å². The van der Waals surface area contributed by atoms with E-state index in [9.17, 15) is 9.59 Å². The van der Waals surface area contributed by atoms with Crippen LogP contribution in [0.15, 0.2) is 30.3 Å². The first-order chi connectivity index (χ1) is 7.59. The molecule has 0 saturated carbocycles. The highest BCUT2D eigenvalue weighted by atomic mass is 35.5. The molecule has 1 unspecified atom stereocenters. The molecule has 3 N–H and O–H groups in total. The fourth-order valence-electron chi connectivity index (χ4n) is 1.11. The molecule has 17 heavy (non-hydrogen) atoms. The molecule has 0 spiro atoms. The minimum Gasteiger partial charge on any atom is -0.481 e. The third-order valence-electron chi connectivity index (χ3n) is 1.92. The number of hydrogen-bond donors (Lipinski definition) is 2. The Kier molecular flexibility index (Phi) is 6.93. The molecule has 0 aliphatic carbocycles. The molecule has 0 aliphatic heterocycles. The van der Waals surface area contributed by atoms with Gasteiger partial charge >= 0.3 is 11.9 Å². The second-order valence-electron chi connectivity index (χ2n) is 3.30. The van der Waals surface area contributed by atoms with Gasteiger partial charge in [0.25, 0.3) is 0 Å². The zero-order chi connectivity index (χ0) is 12.0. The monoisotopic (exact) mass is 259 g/mol. The van der Waals surface area contributed by atoms with Gasteiger partial charge < -0.3 is 15.6 Å². The lowest BCUT2D eigenvalue weighted by molar-refractivity contribution is -0.150. The van der Waals surface area contributed by atoms with Crippen LogP contribution in [0, 0.1) is 0 Å². The van der Waals surface area contributed by atoms with E-state index in [2.05, 4.69) is 0 Å². The maximum absolute atomic E-state index is 11.2. The summed E-state index contributed by atoms with van der Waals surface area (Å²) in [6.07, 6.45) is -0.423. The van der Waals surface area contributed by atoms with Crippen LogP contribution in [0.25, 0.3) is 0 Å². The first-order valence-electron chi connectivity index (χ1n) is 4.77. The smallest absolute Gasteiger partial charge is 0.323 e. The highest BCUT2D eigenvalue weighted by Gasteiger charge is 2.18. The maximum Gasteiger partial charge on any atom is 0.323 e. The molecule has 6 heteroatoms. The molecule has 0 radical (unpaired) electrons. The SMILES string of the molecule is Cl.NC(CC(=O)O)C(=O)OCc1ccccc1. The van der Waals surface area contributed by atoms with Crippen LogP contribution in [-0.2, 0) is 20.9 Å². The summed E-state index contributed by atoms with van der Waals surface area (Å²) in [6, 6.07) is 7.98. The van der Waals surface area contributed by atoms with E-state index in [-0.39, 0.29) is 19.0 Å². The summed E-state index contributed by atoms with van der Waals surface area (Å²) in [7, 11) is 0. The predicted molar refractivity (Wildman–Crippen MR) is 63.7 cm³/mol. The van der Waals surface area contributed by atoms with Gasteiger partial charge in [-0.3, -0.25) is 9.59 Å². The van der Waals surface area contributed by atoms with Crippen LogP contribution in [0.4, 0.5) is 0 Å². The fourth-order valence-corrected chi connectivity index (χ4v) is 1.11. The lowest BCUT2D eigenvalue weighted by Crippen LogP contribution is -2.34. The van der Waals surface area contributed by atoms with Crippen molar-refractivity contribution in [2.75, 3.05) is 0 Å². The van der Waals surface area contributed by atoms with Gasteiger partial charge in [0.15, 0.2) is 0 Å². The minimum atomic E-state index is -1.12. The molecule has 5 nitrogen and oxygen atoms in total. The van der Waals surface area contributed by atoms with Gasteiger partial charge in [0.2, 0.25) is 0 Å². The van der Waals surface area contributed by atoms with Crippen molar-refractivity contribution < 1.29 is 19.4 Å². The first kappa shape index (κ1) is 15.4. The molecule has 0 heterocycles. The Morgan fingerprint density at radius 3 is 2.41 bits per heavy atom. The number of hydrogen-bond acceptors (Lipinski definition) is 4. The van der Waals surface area contributed by atoms with Crippen molar-refractivity contribution in [2.24, 2.45) is 5.73 Å². The van der Waals surface area contributed by atoms with Crippen LogP contribution >= 0.6 is 12.4 Å². The number of carboxylic acid groups (broad SMARTS) is 1. The van der Waals surface area contributed by atoms with E-state index in [4.69, 9.17) is 15.6 Å². The Balaban J connectivity index is 0.00000256. The van der Waals surface area contributed by atoms with E-state index < -0.39 is 24.4 Å². The zero-order valence-electron chi connectivity index (χ0n) is 9.04. The third kappa shape index (κ3) is 5.89. The number of aliphatic carboxylic acids is 1. The summed E-state index contributed by atoms with van der Waals surface area (Å²) in [5.41, 5.74) is 6.16. The number of ether oxygens (including phenoxy) is 1. The van der Waals surface area contributed by atoms with Crippen LogP contribution in [0.5, 0.6) is 0 Å². The number of carboxylic acids is 1. The average molecular weight is 260 g/mol. The lowest BCUT2D eigenvalue weighted by atomic mass is 10.2. The molecule has 0 aliphatic rings.